The molecule has 0 unspecified atom stereocenters. The number of nitrogens with zero attached hydrogens (tertiary/aromatic N) is 2. The third-order valence-electron chi connectivity index (χ3n) is 5.92. The normalized spacial score (nSPS) is 12.9. The Morgan fingerprint density at radius 2 is 1.71 bits per heavy atom. The van der Waals surface area contributed by atoms with E-state index in [0.717, 1.165) is 22.9 Å². The van der Waals surface area contributed by atoms with Crippen molar-refractivity contribution >= 4 is 11.6 Å². The van der Waals surface area contributed by atoms with Gasteiger partial charge in [-0.05, 0) is 55.2 Å². The number of nitrogens with one attached hydrogen (secondary N) is 1. The minimum Gasteiger partial charge on any atom is -0.497 e. The number of halogens is 3. The van der Waals surface area contributed by atoms with Crippen molar-refractivity contribution in [2.45, 2.75) is 38.8 Å². The highest BCUT2D eigenvalue weighted by Crippen LogP contribution is 2.37. The Morgan fingerprint density at radius 1 is 1.06 bits per heavy atom. The van der Waals surface area contributed by atoms with Crippen molar-refractivity contribution in [1.82, 2.24) is 9.78 Å². The lowest BCUT2D eigenvalue weighted by Gasteiger charge is -2.18. The maximum atomic E-state index is 14.0. The summed E-state index contributed by atoms with van der Waals surface area (Å²) in [6.45, 7) is 1.63. The summed E-state index contributed by atoms with van der Waals surface area (Å²) in [6.07, 6.45) is -2.91. The van der Waals surface area contributed by atoms with E-state index in [1.54, 1.807) is 25.1 Å². The molecule has 0 aliphatic heterocycles. The van der Waals surface area contributed by atoms with Crippen LogP contribution in [0, 0.1) is 0 Å². The average molecular weight is 487 g/mol. The lowest BCUT2D eigenvalue weighted by molar-refractivity contribution is -0.137. The van der Waals surface area contributed by atoms with Gasteiger partial charge in [-0.15, -0.1) is 0 Å². The van der Waals surface area contributed by atoms with Crippen molar-refractivity contribution in [3.05, 3.63) is 63.4 Å². The van der Waals surface area contributed by atoms with E-state index in [1.807, 2.05) is 0 Å². The van der Waals surface area contributed by atoms with Gasteiger partial charge in [0, 0.05) is 29.3 Å². The molecule has 0 bridgehead atoms. The van der Waals surface area contributed by atoms with Crippen LogP contribution in [0.5, 0.6) is 11.5 Å². The fourth-order valence-electron chi connectivity index (χ4n) is 4.19. The average Bonchev–Trinajstić information content (AvgIpc) is 3.33. The second-order valence-electron chi connectivity index (χ2n) is 8.11. The number of carbonyl (C=O) groups is 1. The number of methoxy groups -OCH3 is 2. The zero-order valence-corrected chi connectivity index (χ0v) is 19.5. The largest absolute Gasteiger partial charge is 0.497 e. The van der Waals surface area contributed by atoms with Gasteiger partial charge in [-0.3, -0.25) is 9.59 Å². The van der Waals surface area contributed by atoms with E-state index in [0.29, 0.717) is 53.1 Å². The summed E-state index contributed by atoms with van der Waals surface area (Å²) in [7, 11) is 2.98. The van der Waals surface area contributed by atoms with E-state index in [-0.39, 0.29) is 18.0 Å². The van der Waals surface area contributed by atoms with Crippen molar-refractivity contribution in [3.8, 4) is 28.4 Å². The molecule has 3 aromatic rings. The molecule has 1 aliphatic rings. The van der Waals surface area contributed by atoms with Crippen molar-refractivity contribution in [3.63, 3.8) is 0 Å². The van der Waals surface area contributed by atoms with Crippen LogP contribution in [0.3, 0.4) is 0 Å². The number of benzene rings is 2. The van der Waals surface area contributed by atoms with Crippen molar-refractivity contribution in [2.24, 2.45) is 0 Å². The smallest absolute Gasteiger partial charge is 0.418 e. The number of amides is 1. The Morgan fingerprint density at radius 3 is 2.31 bits per heavy atom. The predicted octanol–water partition coefficient (Wildman–Crippen LogP) is 4.77. The summed E-state index contributed by atoms with van der Waals surface area (Å²) in [4.78, 5) is 25.2. The first kappa shape index (κ1) is 24.3. The second-order valence-corrected chi connectivity index (χ2v) is 8.11. The van der Waals surface area contributed by atoms with Gasteiger partial charge in [0.15, 0.2) is 0 Å². The molecule has 1 N–H and O–H groups in total. The first-order chi connectivity index (χ1) is 16.7. The van der Waals surface area contributed by atoms with Crippen LogP contribution >= 0.6 is 0 Å². The first-order valence-corrected chi connectivity index (χ1v) is 11.1. The van der Waals surface area contributed by atoms with Gasteiger partial charge in [-0.25, -0.2) is 0 Å². The molecule has 0 radical (unpaired) electrons. The molecule has 7 nitrogen and oxygen atoms in total. The third kappa shape index (κ3) is 4.73. The van der Waals surface area contributed by atoms with E-state index >= 15 is 0 Å². The van der Waals surface area contributed by atoms with Gasteiger partial charge in [0.2, 0.25) is 5.91 Å². The molecule has 4 rings (SSSR count). The van der Waals surface area contributed by atoms with Crippen LogP contribution in [-0.2, 0) is 23.8 Å². The number of rotatable bonds is 6. The van der Waals surface area contributed by atoms with Crippen molar-refractivity contribution in [2.75, 3.05) is 19.5 Å². The van der Waals surface area contributed by atoms with Crippen LogP contribution in [0.4, 0.5) is 18.9 Å². The van der Waals surface area contributed by atoms with E-state index in [4.69, 9.17) is 9.47 Å². The number of fused-ring (bicyclic) bond motifs is 1. The van der Waals surface area contributed by atoms with E-state index in [1.165, 1.54) is 14.2 Å². The standard InChI is InChI=1S/C25H24F3N3O4/c1-4-22(32)29-15-8-9-20(25(26,27)28)21(12-15)31-24(33)19-7-5-6-18(19)23(30-31)14-10-16(34-2)13-17(11-14)35-3/h8-13H,4-7H2,1-3H3,(H,29,32). The van der Waals surface area contributed by atoms with Gasteiger partial charge in [0.25, 0.3) is 5.56 Å². The number of anilines is 1. The molecule has 35 heavy (non-hydrogen) atoms. The quantitative estimate of drug-likeness (QED) is 0.542. The highest BCUT2D eigenvalue weighted by Gasteiger charge is 2.35. The maximum absolute atomic E-state index is 14.0. The van der Waals surface area contributed by atoms with Gasteiger partial charge >= 0.3 is 6.18 Å². The molecular formula is C25H24F3N3O4. The number of carbonyl (C=O) groups excluding carboxylic acids is 1. The maximum Gasteiger partial charge on any atom is 0.418 e. The molecular weight excluding hydrogens is 463 g/mol. The Labute approximate surface area is 199 Å². The molecule has 10 heteroatoms. The fourth-order valence-corrected chi connectivity index (χ4v) is 4.19. The topological polar surface area (TPSA) is 82.5 Å². The molecule has 184 valence electrons. The van der Waals surface area contributed by atoms with Gasteiger partial charge in [-0.2, -0.15) is 23.0 Å². The van der Waals surface area contributed by atoms with Crippen LogP contribution in [0.25, 0.3) is 16.9 Å². The van der Waals surface area contributed by atoms with Crippen LogP contribution in [0.1, 0.15) is 36.5 Å². The Bertz CT molecular complexity index is 1330. The molecule has 0 saturated heterocycles. The molecule has 0 saturated carbocycles. The SMILES string of the molecule is CCC(=O)Nc1ccc(C(F)(F)F)c(-n2nc(-c3cc(OC)cc(OC)c3)c3c(c2=O)CCC3)c1. The number of hydrogen-bond donors (Lipinski definition) is 1. The Hall–Kier alpha value is -3.82. The number of ether oxygens (including phenoxy) is 2. The van der Waals surface area contributed by atoms with Gasteiger partial charge < -0.3 is 14.8 Å². The van der Waals surface area contributed by atoms with Crippen molar-refractivity contribution < 1.29 is 27.4 Å². The van der Waals surface area contributed by atoms with Crippen LogP contribution in [0.15, 0.2) is 41.2 Å². The third-order valence-corrected chi connectivity index (χ3v) is 5.92. The van der Waals surface area contributed by atoms with Crippen LogP contribution in [-0.4, -0.2) is 29.9 Å². The summed E-state index contributed by atoms with van der Waals surface area (Å²) in [5, 5.41) is 6.98. The monoisotopic (exact) mass is 487 g/mol. The number of aromatic nitrogens is 2. The summed E-state index contributed by atoms with van der Waals surface area (Å²) >= 11 is 0. The second kappa shape index (κ2) is 9.44. The van der Waals surface area contributed by atoms with Gasteiger partial charge in [0.1, 0.15) is 11.5 Å². The molecule has 2 aromatic carbocycles. The number of alkyl halides is 3. The highest BCUT2D eigenvalue weighted by molar-refractivity contribution is 5.90. The summed E-state index contributed by atoms with van der Waals surface area (Å²) in [5.41, 5.74) is 0.0937. The predicted molar refractivity (Wildman–Crippen MR) is 124 cm³/mol. The molecule has 0 atom stereocenters. The lowest BCUT2D eigenvalue weighted by atomic mass is 10.0. The molecule has 1 amide bonds. The van der Waals surface area contributed by atoms with E-state index in [2.05, 4.69) is 10.4 Å². The molecule has 1 heterocycles. The first-order valence-electron chi connectivity index (χ1n) is 11.1. The van der Waals surface area contributed by atoms with Crippen LogP contribution in [0.2, 0.25) is 0 Å². The minimum absolute atomic E-state index is 0.138. The van der Waals surface area contributed by atoms with Gasteiger partial charge in [0.05, 0.1) is 31.2 Å². The highest BCUT2D eigenvalue weighted by atomic mass is 19.4. The zero-order chi connectivity index (χ0) is 25.3. The summed E-state index contributed by atoms with van der Waals surface area (Å²) in [6, 6.07) is 8.19. The molecule has 0 fully saturated rings. The van der Waals surface area contributed by atoms with E-state index in [9.17, 15) is 22.8 Å². The lowest BCUT2D eigenvalue weighted by Crippen LogP contribution is -2.28. The van der Waals surface area contributed by atoms with Crippen molar-refractivity contribution in [1.29, 1.82) is 0 Å². The van der Waals surface area contributed by atoms with E-state index < -0.39 is 23.0 Å². The number of hydrogen-bond acceptors (Lipinski definition) is 5. The zero-order valence-electron chi connectivity index (χ0n) is 19.5. The molecule has 1 aliphatic carbocycles. The Balaban J connectivity index is 2.00. The summed E-state index contributed by atoms with van der Waals surface area (Å²) < 4.78 is 53.3. The molecule has 1 aromatic heterocycles. The summed E-state index contributed by atoms with van der Waals surface area (Å²) in [5.74, 6) is 0.589. The minimum atomic E-state index is -4.75. The molecule has 0 spiro atoms. The van der Waals surface area contributed by atoms with Crippen LogP contribution < -0.4 is 20.3 Å². The fraction of sp³-hybridized carbons (Fsp3) is 0.320. The Kier molecular flexibility index (Phi) is 6.56. The van der Waals surface area contributed by atoms with Gasteiger partial charge in [-0.1, -0.05) is 6.92 Å².